The molecule has 2 heterocycles. The van der Waals surface area contributed by atoms with Gasteiger partial charge >= 0.3 is 0 Å². The SMILES string of the molecule is Cc1cnc(N2CCN(S(=O)(=O)c3ccccc3)CC2)nc1. The van der Waals surface area contributed by atoms with Crippen molar-refractivity contribution >= 4 is 16.0 Å². The fourth-order valence-electron chi connectivity index (χ4n) is 2.42. The van der Waals surface area contributed by atoms with Gasteiger partial charge in [-0.2, -0.15) is 4.31 Å². The van der Waals surface area contributed by atoms with Crippen LogP contribution < -0.4 is 4.90 Å². The minimum atomic E-state index is -3.41. The van der Waals surface area contributed by atoms with Crippen LogP contribution in [0.1, 0.15) is 5.56 Å². The van der Waals surface area contributed by atoms with Crippen LogP contribution in [0.25, 0.3) is 0 Å². The molecule has 1 saturated heterocycles. The van der Waals surface area contributed by atoms with Gasteiger partial charge in [-0.25, -0.2) is 18.4 Å². The van der Waals surface area contributed by atoms with E-state index in [-0.39, 0.29) is 0 Å². The summed E-state index contributed by atoms with van der Waals surface area (Å²) in [6.07, 6.45) is 3.55. The van der Waals surface area contributed by atoms with Crippen LogP contribution in [-0.4, -0.2) is 48.9 Å². The van der Waals surface area contributed by atoms with Crippen molar-refractivity contribution in [2.75, 3.05) is 31.1 Å². The van der Waals surface area contributed by atoms with Crippen LogP contribution in [0.5, 0.6) is 0 Å². The molecule has 1 aliphatic rings. The van der Waals surface area contributed by atoms with Crippen LogP contribution in [0.4, 0.5) is 5.95 Å². The predicted molar refractivity (Wildman–Crippen MR) is 84.2 cm³/mol. The highest BCUT2D eigenvalue weighted by atomic mass is 32.2. The van der Waals surface area contributed by atoms with E-state index in [4.69, 9.17) is 0 Å². The van der Waals surface area contributed by atoms with Gasteiger partial charge in [0.25, 0.3) is 0 Å². The second-order valence-electron chi connectivity index (χ2n) is 5.26. The average molecular weight is 318 g/mol. The zero-order valence-corrected chi connectivity index (χ0v) is 13.2. The van der Waals surface area contributed by atoms with Crippen molar-refractivity contribution in [2.45, 2.75) is 11.8 Å². The Morgan fingerprint density at radius 1 is 0.955 bits per heavy atom. The molecular formula is C15H18N4O2S. The summed E-state index contributed by atoms with van der Waals surface area (Å²) in [6.45, 7) is 4.00. The van der Waals surface area contributed by atoms with Gasteiger partial charge in [-0.3, -0.25) is 0 Å². The number of hydrogen-bond donors (Lipinski definition) is 0. The van der Waals surface area contributed by atoms with Gasteiger partial charge in [0.1, 0.15) is 0 Å². The molecule has 0 bridgehead atoms. The van der Waals surface area contributed by atoms with Gasteiger partial charge in [-0.05, 0) is 24.6 Å². The first-order valence-electron chi connectivity index (χ1n) is 7.16. The molecule has 0 aliphatic carbocycles. The van der Waals surface area contributed by atoms with E-state index in [0.29, 0.717) is 37.0 Å². The van der Waals surface area contributed by atoms with Crippen LogP contribution in [0.15, 0.2) is 47.6 Å². The van der Waals surface area contributed by atoms with Crippen LogP contribution >= 0.6 is 0 Å². The molecule has 1 aromatic heterocycles. The van der Waals surface area contributed by atoms with Crippen molar-refractivity contribution in [1.82, 2.24) is 14.3 Å². The lowest BCUT2D eigenvalue weighted by atomic mass is 10.4. The molecule has 1 fully saturated rings. The van der Waals surface area contributed by atoms with Gasteiger partial charge in [-0.15, -0.1) is 0 Å². The molecule has 0 amide bonds. The third-order valence-corrected chi connectivity index (χ3v) is 5.58. The molecule has 6 nitrogen and oxygen atoms in total. The zero-order valence-electron chi connectivity index (χ0n) is 12.4. The fraction of sp³-hybridized carbons (Fsp3) is 0.333. The van der Waals surface area contributed by atoms with E-state index in [1.807, 2.05) is 17.9 Å². The van der Waals surface area contributed by atoms with Crippen molar-refractivity contribution < 1.29 is 8.42 Å². The quantitative estimate of drug-likeness (QED) is 0.853. The molecular weight excluding hydrogens is 300 g/mol. The van der Waals surface area contributed by atoms with Crippen LogP contribution in [0, 0.1) is 6.92 Å². The second-order valence-corrected chi connectivity index (χ2v) is 7.20. The van der Waals surface area contributed by atoms with Gasteiger partial charge in [0.15, 0.2) is 0 Å². The Bertz CT molecular complexity index is 724. The van der Waals surface area contributed by atoms with Crippen molar-refractivity contribution in [1.29, 1.82) is 0 Å². The maximum Gasteiger partial charge on any atom is 0.243 e. The monoisotopic (exact) mass is 318 g/mol. The first-order valence-corrected chi connectivity index (χ1v) is 8.60. The highest BCUT2D eigenvalue weighted by molar-refractivity contribution is 7.89. The Morgan fingerprint density at radius 3 is 2.14 bits per heavy atom. The number of piperazine rings is 1. The van der Waals surface area contributed by atoms with E-state index in [1.54, 1.807) is 36.7 Å². The lowest BCUT2D eigenvalue weighted by Gasteiger charge is -2.33. The summed E-state index contributed by atoms with van der Waals surface area (Å²) < 4.78 is 26.6. The molecule has 7 heteroatoms. The molecule has 0 spiro atoms. The molecule has 22 heavy (non-hydrogen) atoms. The minimum Gasteiger partial charge on any atom is -0.338 e. The molecule has 116 valence electrons. The van der Waals surface area contributed by atoms with Crippen LogP contribution in [0.2, 0.25) is 0 Å². The van der Waals surface area contributed by atoms with Gasteiger partial charge in [0, 0.05) is 38.6 Å². The first kappa shape index (κ1) is 14.9. The van der Waals surface area contributed by atoms with E-state index >= 15 is 0 Å². The fourth-order valence-corrected chi connectivity index (χ4v) is 3.86. The predicted octanol–water partition coefficient (Wildman–Crippen LogP) is 1.30. The van der Waals surface area contributed by atoms with Crippen molar-refractivity contribution in [2.24, 2.45) is 0 Å². The maximum absolute atomic E-state index is 12.6. The van der Waals surface area contributed by atoms with Crippen molar-refractivity contribution in [3.05, 3.63) is 48.3 Å². The van der Waals surface area contributed by atoms with E-state index in [2.05, 4.69) is 9.97 Å². The third kappa shape index (κ3) is 2.95. The smallest absolute Gasteiger partial charge is 0.243 e. The lowest BCUT2D eigenvalue weighted by molar-refractivity contribution is 0.382. The molecule has 0 unspecified atom stereocenters. The largest absolute Gasteiger partial charge is 0.338 e. The highest BCUT2D eigenvalue weighted by Crippen LogP contribution is 2.18. The van der Waals surface area contributed by atoms with Gasteiger partial charge in [-0.1, -0.05) is 18.2 Å². The topological polar surface area (TPSA) is 66.4 Å². The molecule has 0 atom stereocenters. The third-order valence-electron chi connectivity index (χ3n) is 3.67. The summed E-state index contributed by atoms with van der Waals surface area (Å²) in [5, 5.41) is 0. The Morgan fingerprint density at radius 2 is 1.55 bits per heavy atom. The molecule has 0 N–H and O–H groups in total. The maximum atomic E-state index is 12.6. The van der Waals surface area contributed by atoms with E-state index in [9.17, 15) is 8.42 Å². The summed E-state index contributed by atoms with van der Waals surface area (Å²) in [5.74, 6) is 0.655. The molecule has 2 aromatic rings. The summed E-state index contributed by atoms with van der Waals surface area (Å²) in [4.78, 5) is 10.9. The van der Waals surface area contributed by atoms with E-state index in [0.717, 1.165) is 5.56 Å². The minimum absolute atomic E-state index is 0.343. The Hall–Kier alpha value is -1.99. The number of benzene rings is 1. The molecule has 0 saturated carbocycles. The zero-order chi connectivity index (χ0) is 15.6. The summed E-state index contributed by atoms with van der Waals surface area (Å²) in [7, 11) is -3.41. The Balaban J connectivity index is 1.70. The summed E-state index contributed by atoms with van der Waals surface area (Å²) in [5.41, 5.74) is 1.01. The van der Waals surface area contributed by atoms with Crippen molar-refractivity contribution in [3.63, 3.8) is 0 Å². The average Bonchev–Trinajstić information content (AvgIpc) is 2.56. The number of hydrogen-bond acceptors (Lipinski definition) is 5. The van der Waals surface area contributed by atoms with Gasteiger partial charge in [0.05, 0.1) is 4.90 Å². The first-order chi connectivity index (χ1) is 10.6. The number of rotatable bonds is 3. The van der Waals surface area contributed by atoms with E-state index in [1.165, 1.54) is 4.31 Å². The van der Waals surface area contributed by atoms with Gasteiger partial charge < -0.3 is 4.90 Å². The number of anilines is 1. The standard InChI is InChI=1S/C15H18N4O2S/c1-13-11-16-15(17-12-13)18-7-9-19(10-8-18)22(20,21)14-5-3-2-4-6-14/h2-6,11-12H,7-10H2,1H3. The number of aryl methyl sites for hydroxylation is 1. The normalized spacial score (nSPS) is 16.7. The van der Waals surface area contributed by atoms with Crippen LogP contribution in [-0.2, 0) is 10.0 Å². The Kier molecular flexibility index (Phi) is 4.08. The molecule has 1 aromatic carbocycles. The molecule has 1 aliphatic heterocycles. The molecule has 0 radical (unpaired) electrons. The summed E-state index contributed by atoms with van der Waals surface area (Å²) in [6, 6.07) is 8.55. The second kappa shape index (κ2) is 6.02. The number of sulfonamides is 1. The van der Waals surface area contributed by atoms with Gasteiger partial charge in [0.2, 0.25) is 16.0 Å². The summed E-state index contributed by atoms with van der Waals surface area (Å²) >= 11 is 0. The molecule has 3 rings (SSSR count). The Labute approximate surface area is 130 Å². The van der Waals surface area contributed by atoms with Crippen molar-refractivity contribution in [3.8, 4) is 0 Å². The van der Waals surface area contributed by atoms with Crippen LogP contribution in [0.3, 0.4) is 0 Å². The lowest BCUT2D eigenvalue weighted by Crippen LogP contribution is -2.49. The number of nitrogens with zero attached hydrogens (tertiary/aromatic N) is 4. The van der Waals surface area contributed by atoms with E-state index < -0.39 is 10.0 Å². The highest BCUT2D eigenvalue weighted by Gasteiger charge is 2.28. The number of aromatic nitrogens is 2.